The highest BCUT2D eigenvalue weighted by molar-refractivity contribution is 14.0. The van der Waals surface area contributed by atoms with Crippen LogP contribution >= 0.6 is 24.0 Å². The Bertz CT molecular complexity index is 783. The maximum Gasteiger partial charge on any atom is 0.196 e. The first-order valence-electron chi connectivity index (χ1n) is 8.41. The van der Waals surface area contributed by atoms with Gasteiger partial charge in [0.2, 0.25) is 0 Å². The predicted molar refractivity (Wildman–Crippen MR) is 118 cm³/mol. The highest BCUT2D eigenvalue weighted by atomic mass is 127. The van der Waals surface area contributed by atoms with E-state index >= 15 is 0 Å². The lowest BCUT2D eigenvalue weighted by molar-refractivity contribution is 0.671. The molecule has 0 atom stereocenters. The number of rotatable bonds is 6. The van der Waals surface area contributed by atoms with E-state index in [4.69, 9.17) is 4.99 Å². The Kier molecular flexibility index (Phi) is 8.14. The van der Waals surface area contributed by atoms with Gasteiger partial charge < -0.3 is 15.2 Å². The molecule has 2 aromatic carbocycles. The zero-order chi connectivity index (χ0) is 17.3. The van der Waals surface area contributed by atoms with Crippen molar-refractivity contribution in [2.24, 2.45) is 4.99 Å². The molecule has 0 bridgehead atoms. The third kappa shape index (κ3) is 6.51. The Morgan fingerprint density at radius 2 is 1.85 bits per heavy atom. The number of halogens is 1. The molecule has 0 aliphatic heterocycles. The van der Waals surface area contributed by atoms with E-state index in [-0.39, 0.29) is 24.0 Å². The molecule has 0 unspecified atom stereocenters. The fourth-order valence-electron chi connectivity index (χ4n) is 2.38. The van der Waals surface area contributed by atoms with Gasteiger partial charge >= 0.3 is 0 Å². The fourth-order valence-corrected chi connectivity index (χ4v) is 2.38. The molecule has 136 valence electrons. The van der Waals surface area contributed by atoms with Crippen LogP contribution in [0.3, 0.4) is 0 Å². The zero-order valence-corrected chi connectivity index (χ0v) is 17.1. The van der Waals surface area contributed by atoms with E-state index in [1.54, 1.807) is 6.20 Å². The maximum absolute atomic E-state index is 4.71. The second-order valence-electron chi connectivity index (χ2n) is 5.87. The van der Waals surface area contributed by atoms with Gasteiger partial charge in [-0.25, -0.2) is 9.98 Å². The number of nitrogens with zero attached hydrogens (tertiary/aromatic N) is 3. The summed E-state index contributed by atoms with van der Waals surface area (Å²) in [4.78, 5) is 8.77. The first-order valence-corrected chi connectivity index (χ1v) is 8.41. The lowest BCUT2D eigenvalue weighted by Crippen LogP contribution is -2.33. The van der Waals surface area contributed by atoms with Crippen LogP contribution in [0.2, 0.25) is 0 Å². The summed E-state index contributed by atoms with van der Waals surface area (Å²) in [5, 5.41) is 6.73. The van der Waals surface area contributed by atoms with Gasteiger partial charge in [0.1, 0.15) is 0 Å². The first kappa shape index (κ1) is 20.0. The molecule has 0 amide bonds. The number of hydrogen-bond acceptors (Lipinski definition) is 2. The molecule has 0 radical (unpaired) electrons. The van der Waals surface area contributed by atoms with Gasteiger partial charge in [0.25, 0.3) is 0 Å². The quantitative estimate of drug-likeness (QED) is 0.331. The van der Waals surface area contributed by atoms with Gasteiger partial charge in [0, 0.05) is 31.2 Å². The number of para-hydroxylation sites is 1. The highest BCUT2D eigenvalue weighted by Gasteiger charge is 2.00. The summed E-state index contributed by atoms with van der Waals surface area (Å²) >= 11 is 0. The van der Waals surface area contributed by atoms with Crippen LogP contribution in [0.4, 0.5) is 5.69 Å². The number of guanidine groups is 1. The van der Waals surface area contributed by atoms with Crippen LogP contribution in [0.1, 0.15) is 11.1 Å². The summed E-state index contributed by atoms with van der Waals surface area (Å²) in [6.07, 6.45) is 5.56. The van der Waals surface area contributed by atoms with Gasteiger partial charge in [-0.05, 0) is 24.6 Å². The minimum Gasteiger partial charge on any atom is -0.354 e. The van der Waals surface area contributed by atoms with Crippen molar-refractivity contribution in [1.29, 1.82) is 0 Å². The molecule has 5 nitrogen and oxygen atoms in total. The Hall–Kier alpha value is -2.35. The molecule has 3 rings (SSSR count). The molecule has 0 fully saturated rings. The predicted octanol–water partition coefficient (Wildman–Crippen LogP) is 4.07. The summed E-state index contributed by atoms with van der Waals surface area (Å²) < 4.78 is 2.03. The standard InChI is InChI=1S/C20H23N5.HI/c1-17-7-9-18(10-8-17)15-23-20(24-19-5-3-2-4-6-19)22-12-14-25-13-11-21-16-25;/h2-11,13,16H,12,14-15H2,1H3,(H2,22,23,24);1H. The molecule has 1 aromatic heterocycles. The van der Waals surface area contributed by atoms with Crippen LogP contribution in [0.15, 0.2) is 78.3 Å². The summed E-state index contributed by atoms with van der Waals surface area (Å²) in [7, 11) is 0. The van der Waals surface area contributed by atoms with Gasteiger partial charge in [-0.15, -0.1) is 24.0 Å². The number of hydrogen-bond donors (Lipinski definition) is 2. The first-order chi connectivity index (χ1) is 12.3. The molecule has 0 aliphatic rings. The van der Waals surface area contributed by atoms with Crippen molar-refractivity contribution in [3.63, 3.8) is 0 Å². The second-order valence-corrected chi connectivity index (χ2v) is 5.87. The lowest BCUT2D eigenvalue weighted by Gasteiger charge is -2.13. The topological polar surface area (TPSA) is 54.2 Å². The molecule has 2 N–H and O–H groups in total. The Balaban J connectivity index is 0.00000243. The van der Waals surface area contributed by atoms with E-state index in [0.29, 0.717) is 6.54 Å². The Morgan fingerprint density at radius 3 is 2.54 bits per heavy atom. The number of aromatic nitrogens is 2. The number of aryl methyl sites for hydroxylation is 1. The van der Waals surface area contributed by atoms with Crippen molar-refractivity contribution in [3.8, 4) is 0 Å². The van der Waals surface area contributed by atoms with Crippen LogP contribution in [0.5, 0.6) is 0 Å². The Morgan fingerprint density at radius 1 is 1.08 bits per heavy atom. The number of benzene rings is 2. The SMILES string of the molecule is Cc1ccc(CN=C(NCCn2ccnc2)Nc2ccccc2)cc1.I. The smallest absolute Gasteiger partial charge is 0.196 e. The van der Waals surface area contributed by atoms with Crippen LogP contribution in [0.25, 0.3) is 0 Å². The van der Waals surface area contributed by atoms with Gasteiger partial charge in [-0.3, -0.25) is 0 Å². The highest BCUT2D eigenvalue weighted by Crippen LogP contribution is 2.07. The largest absolute Gasteiger partial charge is 0.354 e. The van der Waals surface area contributed by atoms with Gasteiger partial charge in [-0.1, -0.05) is 48.0 Å². The van der Waals surface area contributed by atoms with Crippen LogP contribution < -0.4 is 10.6 Å². The third-order valence-corrected chi connectivity index (χ3v) is 3.80. The van der Waals surface area contributed by atoms with E-state index < -0.39 is 0 Å². The molecular weight excluding hydrogens is 437 g/mol. The van der Waals surface area contributed by atoms with Gasteiger partial charge in [0.15, 0.2) is 5.96 Å². The fraction of sp³-hybridized carbons (Fsp3) is 0.200. The summed E-state index contributed by atoms with van der Waals surface area (Å²) in [5.74, 6) is 0.770. The third-order valence-electron chi connectivity index (χ3n) is 3.80. The molecule has 0 saturated carbocycles. The molecule has 0 saturated heterocycles. The molecule has 1 heterocycles. The van der Waals surface area contributed by atoms with Crippen molar-refractivity contribution in [1.82, 2.24) is 14.9 Å². The van der Waals surface area contributed by atoms with E-state index in [2.05, 4.69) is 46.8 Å². The average molecular weight is 461 g/mol. The van der Waals surface area contributed by atoms with Crippen LogP contribution in [-0.4, -0.2) is 22.1 Å². The second kappa shape index (κ2) is 10.6. The van der Waals surface area contributed by atoms with E-state index in [0.717, 1.165) is 24.7 Å². The normalized spacial score (nSPS) is 10.9. The molecule has 3 aromatic rings. The molecule has 0 spiro atoms. The number of imidazole rings is 1. The summed E-state index contributed by atoms with van der Waals surface area (Å²) in [6.45, 7) is 4.32. The summed E-state index contributed by atoms with van der Waals surface area (Å²) in [6, 6.07) is 18.5. The molecule has 26 heavy (non-hydrogen) atoms. The molecular formula is C20H24IN5. The van der Waals surface area contributed by atoms with Crippen LogP contribution in [-0.2, 0) is 13.1 Å². The number of aliphatic imine (C=N–C) groups is 1. The van der Waals surface area contributed by atoms with E-state index in [9.17, 15) is 0 Å². The van der Waals surface area contributed by atoms with Crippen molar-refractivity contribution in [3.05, 3.63) is 84.4 Å². The van der Waals surface area contributed by atoms with E-state index in [1.807, 2.05) is 47.4 Å². The number of anilines is 1. The van der Waals surface area contributed by atoms with Crippen molar-refractivity contribution in [2.75, 3.05) is 11.9 Å². The minimum absolute atomic E-state index is 0. The van der Waals surface area contributed by atoms with Crippen molar-refractivity contribution < 1.29 is 0 Å². The summed E-state index contributed by atoms with van der Waals surface area (Å²) in [5.41, 5.74) is 3.46. The van der Waals surface area contributed by atoms with E-state index in [1.165, 1.54) is 11.1 Å². The average Bonchev–Trinajstić information content (AvgIpc) is 3.15. The molecule has 0 aliphatic carbocycles. The maximum atomic E-state index is 4.71. The Labute approximate surface area is 171 Å². The van der Waals surface area contributed by atoms with Gasteiger partial charge in [-0.2, -0.15) is 0 Å². The van der Waals surface area contributed by atoms with Crippen molar-refractivity contribution >= 4 is 35.6 Å². The monoisotopic (exact) mass is 461 g/mol. The number of nitrogens with one attached hydrogen (secondary N) is 2. The van der Waals surface area contributed by atoms with Gasteiger partial charge in [0.05, 0.1) is 12.9 Å². The van der Waals surface area contributed by atoms with Crippen LogP contribution in [0, 0.1) is 6.92 Å². The zero-order valence-electron chi connectivity index (χ0n) is 14.8. The lowest BCUT2D eigenvalue weighted by atomic mass is 10.1. The minimum atomic E-state index is 0. The van der Waals surface area contributed by atoms with Crippen molar-refractivity contribution in [2.45, 2.75) is 20.0 Å². The molecule has 6 heteroatoms.